The number of aliphatic hydroxyl groups is 1. The van der Waals surface area contributed by atoms with E-state index in [1.54, 1.807) is 19.2 Å². The highest BCUT2D eigenvalue weighted by atomic mass is 35.5. The second kappa shape index (κ2) is 4.47. The fraction of sp³-hybridized carbons (Fsp3) is 0.667. The zero-order chi connectivity index (χ0) is 10.8. The average Bonchev–Trinajstić information content (AvgIpc) is 2.46. The summed E-state index contributed by atoms with van der Waals surface area (Å²) in [6, 6.07) is 0. The maximum absolute atomic E-state index is 9.69. The van der Waals surface area contributed by atoms with Gasteiger partial charge in [-0.25, -0.2) is 4.98 Å². The van der Waals surface area contributed by atoms with Crippen LogP contribution in [-0.2, 0) is 0 Å². The molecule has 0 amide bonds. The topological polar surface area (TPSA) is 36.4 Å². The summed E-state index contributed by atoms with van der Waals surface area (Å²) in [5.41, 5.74) is -0.714. The van der Waals surface area contributed by atoms with Crippen LogP contribution >= 0.6 is 22.9 Å². The molecule has 0 bridgehead atoms. The lowest BCUT2D eigenvalue weighted by Gasteiger charge is -2.27. The van der Waals surface area contributed by atoms with Gasteiger partial charge in [-0.05, 0) is 20.8 Å². The number of halogens is 1. The standard InChI is InChI=1S/C9H15ClN2OS/c1-4-12(6-9(2,3)13)8-11-7(10)5-14-8/h5,13H,4,6H2,1-3H3. The number of anilines is 1. The zero-order valence-corrected chi connectivity index (χ0v) is 10.2. The molecule has 14 heavy (non-hydrogen) atoms. The summed E-state index contributed by atoms with van der Waals surface area (Å²) >= 11 is 7.24. The first-order chi connectivity index (χ1) is 6.42. The number of thiazole rings is 1. The molecule has 0 aliphatic rings. The number of likely N-dealkylation sites (N-methyl/N-ethyl adjacent to an activating group) is 1. The van der Waals surface area contributed by atoms with Gasteiger partial charge in [0, 0.05) is 18.5 Å². The first kappa shape index (κ1) is 11.8. The summed E-state index contributed by atoms with van der Waals surface area (Å²) in [5, 5.41) is 12.9. The molecule has 1 N–H and O–H groups in total. The Morgan fingerprint density at radius 2 is 2.29 bits per heavy atom. The van der Waals surface area contributed by atoms with Gasteiger partial charge in [0.1, 0.15) is 5.15 Å². The van der Waals surface area contributed by atoms with E-state index in [1.807, 2.05) is 11.8 Å². The van der Waals surface area contributed by atoms with Gasteiger partial charge in [0.2, 0.25) is 0 Å². The van der Waals surface area contributed by atoms with Crippen LogP contribution < -0.4 is 4.90 Å². The quantitative estimate of drug-likeness (QED) is 0.869. The van der Waals surface area contributed by atoms with Gasteiger partial charge in [0.15, 0.2) is 5.13 Å². The molecule has 1 rings (SSSR count). The van der Waals surface area contributed by atoms with Crippen molar-refractivity contribution >= 4 is 28.1 Å². The lowest BCUT2D eigenvalue weighted by Crippen LogP contribution is -2.38. The molecule has 0 spiro atoms. The molecule has 0 saturated carbocycles. The van der Waals surface area contributed by atoms with Crippen LogP contribution in [-0.4, -0.2) is 28.8 Å². The van der Waals surface area contributed by atoms with E-state index >= 15 is 0 Å². The first-order valence-corrected chi connectivity index (χ1v) is 5.76. The molecule has 0 aliphatic carbocycles. The first-order valence-electron chi connectivity index (χ1n) is 4.51. The molecule has 0 atom stereocenters. The molecule has 0 unspecified atom stereocenters. The van der Waals surface area contributed by atoms with Crippen LogP contribution in [0.4, 0.5) is 5.13 Å². The van der Waals surface area contributed by atoms with E-state index in [-0.39, 0.29) is 0 Å². The lowest BCUT2D eigenvalue weighted by atomic mass is 10.1. The molecule has 0 radical (unpaired) electrons. The number of rotatable bonds is 4. The molecule has 1 aromatic rings. The third-order valence-corrected chi connectivity index (χ3v) is 2.92. The fourth-order valence-corrected chi connectivity index (χ4v) is 2.19. The van der Waals surface area contributed by atoms with Gasteiger partial charge in [-0.1, -0.05) is 11.6 Å². The van der Waals surface area contributed by atoms with Crippen LogP contribution in [0, 0.1) is 0 Å². The summed E-state index contributed by atoms with van der Waals surface area (Å²) in [5.74, 6) is 0. The number of aromatic nitrogens is 1. The van der Waals surface area contributed by atoms with Gasteiger partial charge in [-0.3, -0.25) is 0 Å². The molecule has 3 nitrogen and oxygen atoms in total. The minimum Gasteiger partial charge on any atom is -0.389 e. The van der Waals surface area contributed by atoms with E-state index in [2.05, 4.69) is 4.98 Å². The van der Waals surface area contributed by atoms with Crippen LogP contribution in [0.3, 0.4) is 0 Å². The van der Waals surface area contributed by atoms with Crippen molar-refractivity contribution in [1.82, 2.24) is 4.98 Å². The third-order valence-electron chi connectivity index (χ3n) is 1.69. The van der Waals surface area contributed by atoms with Gasteiger partial charge in [-0.2, -0.15) is 0 Å². The summed E-state index contributed by atoms with van der Waals surface area (Å²) in [4.78, 5) is 6.18. The molecule has 1 aromatic heterocycles. The lowest BCUT2D eigenvalue weighted by molar-refractivity contribution is 0.0876. The zero-order valence-electron chi connectivity index (χ0n) is 8.62. The Hall–Kier alpha value is -0.320. The molecule has 0 aromatic carbocycles. The Labute approximate surface area is 93.3 Å². The fourth-order valence-electron chi connectivity index (χ4n) is 1.17. The Kier molecular flexibility index (Phi) is 3.75. The van der Waals surface area contributed by atoms with Crippen LogP contribution in [0.1, 0.15) is 20.8 Å². The van der Waals surface area contributed by atoms with E-state index in [4.69, 9.17) is 11.6 Å². The monoisotopic (exact) mass is 234 g/mol. The average molecular weight is 235 g/mol. The summed E-state index contributed by atoms with van der Waals surface area (Å²) in [6.07, 6.45) is 0. The van der Waals surface area contributed by atoms with Gasteiger partial charge < -0.3 is 10.0 Å². The molecule has 80 valence electrons. The largest absolute Gasteiger partial charge is 0.389 e. The van der Waals surface area contributed by atoms with E-state index in [9.17, 15) is 5.11 Å². The third kappa shape index (κ3) is 3.44. The second-order valence-electron chi connectivity index (χ2n) is 3.78. The number of hydrogen-bond donors (Lipinski definition) is 1. The van der Waals surface area contributed by atoms with Gasteiger partial charge in [-0.15, -0.1) is 11.3 Å². The number of nitrogens with zero attached hydrogens (tertiary/aromatic N) is 2. The van der Waals surface area contributed by atoms with Crippen LogP contribution in [0.25, 0.3) is 0 Å². The Morgan fingerprint density at radius 1 is 1.64 bits per heavy atom. The predicted molar refractivity (Wildman–Crippen MR) is 61.3 cm³/mol. The van der Waals surface area contributed by atoms with Crippen molar-refractivity contribution in [3.05, 3.63) is 10.5 Å². The van der Waals surface area contributed by atoms with Crippen LogP contribution in [0.2, 0.25) is 5.15 Å². The van der Waals surface area contributed by atoms with Crippen molar-refractivity contribution in [2.45, 2.75) is 26.4 Å². The van der Waals surface area contributed by atoms with Crippen molar-refractivity contribution in [2.75, 3.05) is 18.0 Å². The molecule has 0 aliphatic heterocycles. The predicted octanol–water partition coefficient (Wildman–Crippen LogP) is 2.39. The van der Waals surface area contributed by atoms with Gasteiger partial charge in [0.25, 0.3) is 0 Å². The van der Waals surface area contributed by atoms with Crippen LogP contribution in [0.15, 0.2) is 5.38 Å². The molecule has 1 heterocycles. The van der Waals surface area contributed by atoms with E-state index in [0.717, 1.165) is 11.7 Å². The highest BCUT2D eigenvalue weighted by Crippen LogP contribution is 2.24. The normalized spacial score (nSPS) is 11.8. The molecular formula is C9H15ClN2OS. The Morgan fingerprint density at radius 3 is 2.64 bits per heavy atom. The SMILES string of the molecule is CCN(CC(C)(C)O)c1nc(Cl)cs1. The van der Waals surface area contributed by atoms with E-state index in [1.165, 1.54) is 11.3 Å². The van der Waals surface area contributed by atoms with Gasteiger partial charge in [0.05, 0.1) is 5.60 Å². The van der Waals surface area contributed by atoms with Gasteiger partial charge >= 0.3 is 0 Å². The molecule has 5 heteroatoms. The molecular weight excluding hydrogens is 220 g/mol. The number of hydrogen-bond acceptors (Lipinski definition) is 4. The smallest absolute Gasteiger partial charge is 0.186 e. The van der Waals surface area contributed by atoms with Crippen molar-refractivity contribution in [3.63, 3.8) is 0 Å². The highest BCUT2D eigenvalue weighted by molar-refractivity contribution is 7.14. The maximum atomic E-state index is 9.69. The summed E-state index contributed by atoms with van der Waals surface area (Å²) in [6.45, 7) is 6.97. The van der Waals surface area contributed by atoms with Crippen molar-refractivity contribution < 1.29 is 5.11 Å². The maximum Gasteiger partial charge on any atom is 0.186 e. The van der Waals surface area contributed by atoms with E-state index in [0.29, 0.717) is 11.7 Å². The second-order valence-corrected chi connectivity index (χ2v) is 5.00. The summed E-state index contributed by atoms with van der Waals surface area (Å²) < 4.78 is 0. The molecule has 0 fully saturated rings. The van der Waals surface area contributed by atoms with Crippen molar-refractivity contribution in [2.24, 2.45) is 0 Å². The van der Waals surface area contributed by atoms with Crippen LogP contribution in [0.5, 0.6) is 0 Å². The highest BCUT2D eigenvalue weighted by Gasteiger charge is 2.19. The Bertz CT molecular complexity index is 295. The minimum atomic E-state index is -0.714. The van der Waals surface area contributed by atoms with Crippen molar-refractivity contribution in [3.8, 4) is 0 Å². The van der Waals surface area contributed by atoms with E-state index < -0.39 is 5.60 Å². The summed E-state index contributed by atoms with van der Waals surface area (Å²) in [7, 11) is 0. The molecule has 0 saturated heterocycles. The Balaban J connectivity index is 2.72. The van der Waals surface area contributed by atoms with Crippen molar-refractivity contribution in [1.29, 1.82) is 0 Å². The minimum absolute atomic E-state index is 0.513.